The number of rotatable bonds is 5. The highest BCUT2D eigenvalue weighted by atomic mass is 16.5. The van der Waals surface area contributed by atoms with E-state index < -0.39 is 22.8 Å². The number of ether oxygens (including phenoxy) is 2. The molecule has 3 rings (SSSR count). The van der Waals surface area contributed by atoms with Crippen LogP contribution >= 0.6 is 0 Å². The van der Waals surface area contributed by atoms with Crippen molar-refractivity contribution < 1.29 is 19.4 Å². The van der Waals surface area contributed by atoms with Crippen molar-refractivity contribution >= 4 is 23.0 Å². The van der Waals surface area contributed by atoms with Gasteiger partial charge in [0, 0.05) is 23.8 Å². The summed E-state index contributed by atoms with van der Waals surface area (Å²) in [5.41, 5.74) is 2.01. The van der Waals surface area contributed by atoms with Gasteiger partial charge in [-0.05, 0) is 23.8 Å². The third kappa shape index (κ3) is 3.56. The number of aromatic nitrogens is 2. The van der Waals surface area contributed by atoms with Crippen molar-refractivity contribution in [2.45, 2.75) is 0 Å². The van der Waals surface area contributed by atoms with Gasteiger partial charge in [0.15, 0.2) is 11.5 Å². The van der Waals surface area contributed by atoms with Crippen molar-refractivity contribution in [3.63, 3.8) is 0 Å². The lowest BCUT2D eigenvalue weighted by atomic mass is 10.1. The molecule has 0 atom stereocenters. The number of hydrazone groups is 1. The minimum Gasteiger partial charge on any atom is -0.506 e. The minimum atomic E-state index is -0.851. The van der Waals surface area contributed by atoms with E-state index in [4.69, 9.17) is 9.47 Å². The average molecular weight is 368 g/mol. The molecule has 27 heavy (non-hydrogen) atoms. The van der Waals surface area contributed by atoms with Gasteiger partial charge in [0.25, 0.3) is 11.5 Å². The Morgan fingerprint density at radius 3 is 2.56 bits per heavy atom. The van der Waals surface area contributed by atoms with E-state index in [0.29, 0.717) is 22.6 Å². The van der Waals surface area contributed by atoms with E-state index in [9.17, 15) is 14.7 Å². The quantitative estimate of drug-likeness (QED) is 0.462. The van der Waals surface area contributed by atoms with Crippen LogP contribution in [-0.4, -0.2) is 41.4 Å². The fourth-order valence-corrected chi connectivity index (χ4v) is 2.49. The molecular formula is C18H16N4O5. The molecule has 138 valence electrons. The number of carbonyl (C=O) groups excluding carboxylic acids is 1. The van der Waals surface area contributed by atoms with Gasteiger partial charge in [-0.25, -0.2) is 5.43 Å². The third-order valence-electron chi connectivity index (χ3n) is 3.80. The van der Waals surface area contributed by atoms with E-state index >= 15 is 0 Å². The Labute approximate surface area is 153 Å². The number of hydrogen-bond donors (Lipinski definition) is 3. The summed E-state index contributed by atoms with van der Waals surface area (Å²) >= 11 is 0. The molecule has 0 spiro atoms. The van der Waals surface area contributed by atoms with Crippen LogP contribution in [-0.2, 0) is 0 Å². The Kier molecular flexibility index (Phi) is 5.02. The Morgan fingerprint density at radius 1 is 1.22 bits per heavy atom. The number of benzene rings is 1. The first-order valence-corrected chi connectivity index (χ1v) is 7.79. The van der Waals surface area contributed by atoms with Crippen LogP contribution < -0.4 is 20.5 Å². The zero-order valence-corrected chi connectivity index (χ0v) is 14.5. The first-order valence-electron chi connectivity index (χ1n) is 7.79. The molecular weight excluding hydrogens is 352 g/mol. The Morgan fingerprint density at radius 2 is 1.89 bits per heavy atom. The number of amides is 1. The highest BCUT2D eigenvalue weighted by Gasteiger charge is 2.20. The number of nitrogens with zero attached hydrogens (tertiary/aromatic N) is 2. The molecule has 1 amide bonds. The molecule has 0 radical (unpaired) electrons. The van der Waals surface area contributed by atoms with Crippen LogP contribution in [0.4, 0.5) is 0 Å². The molecule has 0 saturated carbocycles. The molecule has 1 aromatic carbocycles. The van der Waals surface area contributed by atoms with Crippen molar-refractivity contribution in [3.8, 4) is 17.2 Å². The maximum atomic E-state index is 12.3. The monoisotopic (exact) mass is 368 g/mol. The van der Waals surface area contributed by atoms with Crippen molar-refractivity contribution in [2.24, 2.45) is 5.10 Å². The van der Waals surface area contributed by atoms with Gasteiger partial charge in [-0.15, -0.1) is 0 Å². The van der Waals surface area contributed by atoms with Gasteiger partial charge >= 0.3 is 0 Å². The maximum Gasteiger partial charge on any atom is 0.280 e. The molecule has 0 fully saturated rings. The van der Waals surface area contributed by atoms with Gasteiger partial charge < -0.3 is 19.6 Å². The standard InChI is InChI=1S/C18H16N4O5/c1-26-13-7-11-12(8-14(13)27-2)21-17(24)15(16(11)23)18(25)22-20-9-10-3-5-19-6-4-10/h3-9H,1-2H3,(H,22,25)(H2,21,23,24)/b20-9+. The van der Waals surface area contributed by atoms with E-state index in [1.807, 2.05) is 0 Å². The van der Waals surface area contributed by atoms with Crippen LogP contribution in [0, 0.1) is 0 Å². The van der Waals surface area contributed by atoms with Gasteiger partial charge in [-0.3, -0.25) is 14.6 Å². The number of pyridine rings is 2. The van der Waals surface area contributed by atoms with Crippen molar-refractivity contribution in [1.29, 1.82) is 0 Å². The zero-order chi connectivity index (χ0) is 19.4. The molecule has 0 aliphatic rings. The fourth-order valence-electron chi connectivity index (χ4n) is 2.49. The van der Waals surface area contributed by atoms with Gasteiger partial charge in [0.05, 0.1) is 26.0 Å². The predicted molar refractivity (Wildman–Crippen MR) is 98.6 cm³/mol. The highest BCUT2D eigenvalue weighted by Crippen LogP contribution is 2.35. The van der Waals surface area contributed by atoms with Crippen molar-refractivity contribution in [1.82, 2.24) is 15.4 Å². The molecule has 0 bridgehead atoms. The second-order valence-corrected chi connectivity index (χ2v) is 5.41. The zero-order valence-electron chi connectivity index (χ0n) is 14.5. The summed E-state index contributed by atoms with van der Waals surface area (Å²) < 4.78 is 10.4. The summed E-state index contributed by atoms with van der Waals surface area (Å²) in [6, 6.07) is 6.35. The molecule has 2 aromatic heterocycles. The number of methoxy groups -OCH3 is 2. The van der Waals surface area contributed by atoms with Crippen LogP contribution in [0.3, 0.4) is 0 Å². The summed E-state index contributed by atoms with van der Waals surface area (Å²) in [5.74, 6) is -0.615. The van der Waals surface area contributed by atoms with E-state index in [1.54, 1.807) is 24.5 Å². The Balaban J connectivity index is 1.97. The molecule has 3 aromatic rings. The number of H-pyrrole nitrogens is 1. The van der Waals surface area contributed by atoms with Gasteiger partial charge in [0.1, 0.15) is 11.3 Å². The Bertz CT molecular complexity index is 1080. The molecule has 0 aliphatic heterocycles. The van der Waals surface area contributed by atoms with Crippen LogP contribution in [0.1, 0.15) is 15.9 Å². The SMILES string of the molecule is COc1cc2[nH]c(=O)c(C(=O)N/N=C/c3ccncc3)c(O)c2cc1OC. The number of aromatic hydroxyl groups is 1. The smallest absolute Gasteiger partial charge is 0.280 e. The van der Waals surface area contributed by atoms with Crippen LogP contribution in [0.15, 0.2) is 46.6 Å². The predicted octanol–water partition coefficient (Wildman–Crippen LogP) is 1.41. The van der Waals surface area contributed by atoms with Gasteiger partial charge in [-0.2, -0.15) is 5.10 Å². The normalized spacial score (nSPS) is 10.9. The summed E-state index contributed by atoms with van der Waals surface area (Å²) in [4.78, 5) is 31.0. The number of carbonyl (C=O) groups is 1. The average Bonchev–Trinajstić information content (AvgIpc) is 2.68. The Hall–Kier alpha value is -3.88. The summed E-state index contributed by atoms with van der Waals surface area (Å²) in [6.45, 7) is 0. The third-order valence-corrected chi connectivity index (χ3v) is 3.80. The molecule has 0 aliphatic carbocycles. The molecule has 9 nitrogen and oxygen atoms in total. The molecule has 9 heteroatoms. The number of hydrogen-bond acceptors (Lipinski definition) is 7. The fraction of sp³-hybridized carbons (Fsp3) is 0.111. The van der Waals surface area contributed by atoms with E-state index in [0.717, 1.165) is 0 Å². The summed E-state index contributed by atoms with van der Waals surface area (Å²) in [7, 11) is 2.89. The lowest BCUT2D eigenvalue weighted by molar-refractivity contribution is 0.0951. The van der Waals surface area contributed by atoms with E-state index in [-0.39, 0.29) is 5.39 Å². The molecule has 2 heterocycles. The van der Waals surface area contributed by atoms with Crippen molar-refractivity contribution in [2.75, 3.05) is 14.2 Å². The first kappa shape index (κ1) is 17.9. The highest BCUT2D eigenvalue weighted by molar-refractivity contribution is 6.02. The molecule has 3 N–H and O–H groups in total. The van der Waals surface area contributed by atoms with Crippen LogP contribution in [0.2, 0.25) is 0 Å². The molecule has 0 saturated heterocycles. The van der Waals surface area contributed by atoms with E-state index in [2.05, 4.69) is 20.5 Å². The molecule has 0 unspecified atom stereocenters. The van der Waals surface area contributed by atoms with Crippen molar-refractivity contribution in [3.05, 3.63) is 58.1 Å². The second-order valence-electron chi connectivity index (χ2n) is 5.41. The maximum absolute atomic E-state index is 12.3. The number of nitrogens with one attached hydrogen (secondary N) is 2. The number of fused-ring (bicyclic) bond motifs is 1. The topological polar surface area (TPSA) is 126 Å². The number of aromatic amines is 1. The lowest BCUT2D eigenvalue weighted by Gasteiger charge is -2.11. The van der Waals surface area contributed by atoms with Crippen LogP contribution in [0.25, 0.3) is 10.9 Å². The lowest BCUT2D eigenvalue weighted by Crippen LogP contribution is -2.26. The first-order chi connectivity index (χ1) is 13.0. The van der Waals surface area contributed by atoms with Gasteiger partial charge in [-0.1, -0.05) is 0 Å². The summed E-state index contributed by atoms with van der Waals surface area (Å²) in [6.07, 6.45) is 4.54. The second kappa shape index (κ2) is 7.56. The van der Waals surface area contributed by atoms with Crippen LogP contribution in [0.5, 0.6) is 17.2 Å². The summed E-state index contributed by atoms with van der Waals surface area (Å²) in [5, 5.41) is 14.5. The largest absolute Gasteiger partial charge is 0.506 e. The minimum absolute atomic E-state index is 0.232. The van der Waals surface area contributed by atoms with Gasteiger partial charge in [0.2, 0.25) is 0 Å². The van der Waals surface area contributed by atoms with E-state index in [1.165, 1.54) is 32.6 Å².